The predicted octanol–water partition coefficient (Wildman–Crippen LogP) is 13.7. The summed E-state index contributed by atoms with van der Waals surface area (Å²) in [7, 11) is 0. The lowest BCUT2D eigenvalue weighted by molar-refractivity contribution is 0.598. The van der Waals surface area contributed by atoms with Crippen molar-refractivity contribution in [2.45, 2.75) is 23.7 Å². The second kappa shape index (κ2) is 12.3. The Morgan fingerprint density at radius 2 is 0.947 bits per heavy atom. The van der Waals surface area contributed by atoms with Gasteiger partial charge in [-0.05, 0) is 98.3 Å². The minimum Gasteiger partial charge on any atom is -0.309 e. The first-order valence-electron chi connectivity index (χ1n) is 20.2. The smallest absolute Gasteiger partial charge is 0.0720 e. The number of benzene rings is 8. The van der Waals surface area contributed by atoms with E-state index in [1.165, 1.54) is 94.3 Å². The molecule has 0 saturated carbocycles. The summed E-state index contributed by atoms with van der Waals surface area (Å²) in [5.74, 6) is 0. The fraction of sp³-hybridized carbons (Fsp3) is 0.0714. The molecule has 9 aromatic rings. The van der Waals surface area contributed by atoms with Crippen molar-refractivity contribution < 1.29 is 0 Å². The van der Waals surface area contributed by atoms with Crippen LogP contribution in [0.25, 0.3) is 49.7 Å². The van der Waals surface area contributed by atoms with Crippen molar-refractivity contribution in [2.75, 3.05) is 0 Å². The van der Waals surface area contributed by atoms with Gasteiger partial charge in [-0.3, -0.25) is 0 Å². The summed E-state index contributed by atoms with van der Waals surface area (Å²) >= 11 is 0. The van der Waals surface area contributed by atoms with Crippen molar-refractivity contribution in [1.82, 2.24) is 4.57 Å². The van der Waals surface area contributed by atoms with Gasteiger partial charge < -0.3 is 4.57 Å². The molecule has 0 aliphatic heterocycles. The number of hydrogen-bond donors (Lipinski definition) is 0. The molecule has 3 aliphatic carbocycles. The summed E-state index contributed by atoms with van der Waals surface area (Å²) in [6.45, 7) is 0. The van der Waals surface area contributed by atoms with E-state index < -0.39 is 10.8 Å². The lowest BCUT2D eigenvalue weighted by Gasteiger charge is -2.50. The molecule has 1 heteroatoms. The maximum absolute atomic E-state index is 2.44. The van der Waals surface area contributed by atoms with Crippen LogP contribution in [-0.2, 0) is 10.8 Å². The van der Waals surface area contributed by atoms with Crippen LogP contribution in [0.1, 0.15) is 51.8 Å². The average molecular weight is 726 g/mol. The topological polar surface area (TPSA) is 4.93 Å². The lowest BCUT2D eigenvalue weighted by atomic mass is 9.51. The Bertz CT molecular complexity index is 3050. The van der Waals surface area contributed by atoms with E-state index in [1.54, 1.807) is 0 Å². The molecule has 3 aliphatic rings. The standard InChI is InChI=1S/C56H39N/c1-3-16-40(17-4-1)55(42-34-30-38(31-35-42)39-32-36-43(37-33-39)57-52-28-13-8-21-45(52)46-22-9-14-29-53(46)57)49-25-11-12-26-50(49)56(41-18-5-2-6-19-41)48-24-10-7-20-44(48)47-23-15-27-51(55)54(47)56/h1-3,5-16,18-37H,4,17H2. The first-order chi connectivity index (χ1) is 28.3. The highest BCUT2D eigenvalue weighted by atomic mass is 15.0. The van der Waals surface area contributed by atoms with Crippen LogP contribution >= 0.6 is 0 Å². The van der Waals surface area contributed by atoms with Gasteiger partial charge in [0.05, 0.1) is 21.9 Å². The molecule has 0 saturated heterocycles. The maximum atomic E-state index is 2.44. The fourth-order valence-corrected chi connectivity index (χ4v) is 11.1. The van der Waals surface area contributed by atoms with E-state index in [0.29, 0.717) is 0 Å². The van der Waals surface area contributed by atoms with Crippen LogP contribution in [0.5, 0.6) is 0 Å². The van der Waals surface area contributed by atoms with Crippen LogP contribution < -0.4 is 0 Å². The Morgan fingerprint density at radius 1 is 0.404 bits per heavy atom. The molecule has 0 radical (unpaired) electrons. The Kier molecular flexibility index (Phi) is 6.95. The van der Waals surface area contributed by atoms with E-state index >= 15 is 0 Å². The third-order valence-corrected chi connectivity index (χ3v) is 13.3. The molecule has 0 fully saturated rings. The fourth-order valence-electron chi connectivity index (χ4n) is 11.1. The van der Waals surface area contributed by atoms with E-state index in [9.17, 15) is 0 Å². The van der Waals surface area contributed by atoms with Gasteiger partial charge in [-0.25, -0.2) is 0 Å². The SMILES string of the molecule is C1=CCCC(C2(c3ccc(-c4ccc(-n5c6ccccc6c6ccccc65)cc4)cc3)c3ccccc3C3(c4ccccc4)c4ccccc4-c4cccc2c43)=C1. The number of para-hydroxylation sites is 2. The first-order valence-corrected chi connectivity index (χ1v) is 20.2. The van der Waals surface area contributed by atoms with Crippen molar-refractivity contribution >= 4 is 21.8 Å². The van der Waals surface area contributed by atoms with Crippen molar-refractivity contribution in [3.05, 3.63) is 257 Å². The molecular formula is C56H39N. The van der Waals surface area contributed by atoms with Crippen molar-refractivity contribution in [3.8, 4) is 27.9 Å². The molecule has 2 unspecified atom stereocenters. The quantitative estimate of drug-likeness (QED) is 0.166. The molecule has 268 valence electrons. The van der Waals surface area contributed by atoms with Gasteiger partial charge in [0.2, 0.25) is 0 Å². The van der Waals surface area contributed by atoms with E-state index in [2.05, 4.69) is 217 Å². The lowest BCUT2D eigenvalue weighted by Crippen LogP contribution is -2.44. The van der Waals surface area contributed by atoms with E-state index in [1.807, 2.05) is 0 Å². The van der Waals surface area contributed by atoms with Gasteiger partial charge in [0, 0.05) is 16.5 Å². The molecule has 0 bridgehead atoms. The summed E-state index contributed by atoms with van der Waals surface area (Å²) in [5, 5.41) is 2.56. The molecule has 0 N–H and O–H groups in total. The van der Waals surface area contributed by atoms with Gasteiger partial charge in [-0.1, -0.05) is 194 Å². The van der Waals surface area contributed by atoms with Crippen LogP contribution in [-0.4, -0.2) is 4.57 Å². The summed E-state index contributed by atoms with van der Waals surface area (Å²) in [5.41, 5.74) is 18.9. The van der Waals surface area contributed by atoms with Gasteiger partial charge in [0.25, 0.3) is 0 Å². The second-order valence-corrected chi connectivity index (χ2v) is 15.8. The van der Waals surface area contributed by atoms with Crippen LogP contribution in [0.15, 0.2) is 218 Å². The van der Waals surface area contributed by atoms with Gasteiger partial charge in [0.1, 0.15) is 0 Å². The van der Waals surface area contributed by atoms with Gasteiger partial charge in [-0.15, -0.1) is 0 Å². The normalized spacial score (nSPS) is 18.9. The van der Waals surface area contributed by atoms with Crippen molar-refractivity contribution in [1.29, 1.82) is 0 Å². The minimum atomic E-state index is -0.466. The number of fused-ring (bicyclic) bond motifs is 8. The summed E-state index contributed by atoms with van der Waals surface area (Å²) < 4.78 is 2.39. The number of nitrogens with zero attached hydrogens (tertiary/aromatic N) is 1. The van der Waals surface area contributed by atoms with E-state index in [-0.39, 0.29) is 0 Å². The van der Waals surface area contributed by atoms with Crippen LogP contribution in [0.4, 0.5) is 0 Å². The van der Waals surface area contributed by atoms with Crippen LogP contribution in [0.2, 0.25) is 0 Å². The Balaban J connectivity index is 1.05. The molecule has 12 rings (SSSR count). The zero-order valence-electron chi connectivity index (χ0n) is 31.6. The number of hydrogen-bond acceptors (Lipinski definition) is 0. The summed E-state index contributed by atoms with van der Waals surface area (Å²) in [6.07, 6.45) is 9.06. The van der Waals surface area contributed by atoms with Crippen LogP contribution in [0.3, 0.4) is 0 Å². The third-order valence-electron chi connectivity index (χ3n) is 13.3. The zero-order chi connectivity index (χ0) is 37.6. The van der Waals surface area contributed by atoms with E-state index in [0.717, 1.165) is 12.8 Å². The molecule has 57 heavy (non-hydrogen) atoms. The van der Waals surface area contributed by atoms with Crippen molar-refractivity contribution in [3.63, 3.8) is 0 Å². The highest BCUT2D eigenvalue weighted by molar-refractivity contribution is 6.09. The van der Waals surface area contributed by atoms with Gasteiger partial charge >= 0.3 is 0 Å². The van der Waals surface area contributed by atoms with Crippen molar-refractivity contribution in [2.24, 2.45) is 0 Å². The molecule has 0 amide bonds. The number of rotatable bonds is 5. The zero-order valence-corrected chi connectivity index (χ0v) is 31.6. The molecule has 8 aromatic carbocycles. The van der Waals surface area contributed by atoms with Crippen LogP contribution in [0, 0.1) is 0 Å². The largest absolute Gasteiger partial charge is 0.309 e. The minimum absolute atomic E-state index is 0.424. The molecule has 1 heterocycles. The highest BCUT2D eigenvalue weighted by Crippen LogP contribution is 2.66. The number of allylic oxidation sites excluding steroid dienone is 4. The highest BCUT2D eigenvalue weighted by Gasteiger charge is 2.57. The third kappa shape index (κ3) is 4.29. The Labute approximate surface area is 333 Å². The monoisotopic (exact) mass is 725 g/mol. The predicted molar refractivity (Wildman–Crippen MR) is 236 cm³/mol. The maximum Gasteiger partial charge on any atom is 0.0720 e. The average Bonchev–Trinajstić information content (AvgIpc) is 3.79. The molecule has 1 nitrogen and oxygen atoms in total. The Hall–Kier alpha value is -6.96. The second-order valence-electron chi connectivity index (χ2n) is 15.8. The summed E-state index contributed by atoms with van der Waals surface area (Å²) in [6, 6.07) is 73.0. The molecular weight excluding hydrogens is 687 g/mol. The molecule has 0 spiro atoms. The van der Waals surface area contributed by atoms with Gasteiger partial charge in [-0.2, -0.15) is 0 Å². The summed E-state index contributed by atoms with van der Waals surface area (Å²) in [4.78, 5) is 0. The Morgan fingerprint density at radius 3 is 1.63 bits per heavy atom. The molecule has 1 aromatic heterocycles. The van der Waals surface area contributed by atoms with E-state index in [4.69, 9.17) is 0 Å². The van der Waals surface area contributed by atoms with Gasteiger partial charge in [0.15, 0.2) is 0 Å². The molecule has 2 atom stereocenters. The number of aromatic nitrogens is 1. The first kappa shape index (κ1) is 32.3.